The van der Waals surface area contributed by atoms with E-state index in [-0.39, 0.29) is 22.5 Å². The number of benzene rings is 2. The number of aromatic nitrogens is 1. The van der Waals surface area contributed by atoms with E-state index >= 15 is 0 Å². The van der Waals surface area contributed by atoms with Crippen molar-refractivity contribution in [3.63, 3.8) is 0 Å². The Bertz CT molecular complexity index is 1150. The Hall–Kier alpha value is -2.36. The number of anilines is 1. The second-order valence-corrected chi connectivity index (χ2v) is 10.0. The van der Waals surface area contributed by atoms with E-state index in [0.29, 0.717) is 15.3 Å². The summed E-state index contributed by atoms with van der Waals surface area (Å²) in [6.07, 6.45) is 0. The molecule has 9 heteroatoms. The van der Waals surface area contributed by atoms with Crippen LogP contribution < -0.4 is 5.32 Å². The van der Waals surface area contributed by atoms with E-state index in [9.17, 15) is 17.6 Å². The molecule has 1 N–H and O–H groups in total. The van der Waals surface area contributed by atoms with Crippen molar-refractivity contribution < 1.29 is 17.6 Å². The molecule has 1 aromatic heterocycles. The maximum absolute atomic E-state index is 13.3. The van der Waals surface area contributed by atoms with E-state index < -0.39 is 21.7 Å². The molecule has 0 saturated heterocycles. The van der Waals surface area contributed by atoms with Crippen LogP contribution in [0.5, 0.6) is 0 Å². The number of sulfonamides is 1. The number of hydrogen-bond acceptors (Lipinski definition) is 5. The molecule has 3 rings (SSSR count). The van der Waals surface area contributed by atoms with Crippen molar-refractivity contribution >= 4 is 42.6 Å². The second kappa shape index (κ2) is 8.17. The Balaban J connectivity index is 1.91. The summed E-state index contributed by atoms with van der Waals surface area (Å²) in [6.45, 7) is 7.34. The van der Waals surface area contributed by atoms with Gasteiger partial charge in [-0.2, -0.15) is 4.31 Å². The quantitative estimate of drug-likeness (QED) is 0.618. The summed E-state index contributed by atoms with van der Waals surface area (Å²) in [5.74, 6) is -0.987. The smallest absolute Gasteiger partial charge is 0.257 e. The second-order valence-electron chi connectivity index (χ2n) is 7.14. The van der Waals surface area contributed by atoms with E-state index in [1.165, 1.54) is 28.6 Å². The van der Waals surface area contributed by atoms with Crippen molar-refractivity contribution in [2.45, 2.75) is 44.7 Å². The molecule has 0 atom stereocenters. The van der Waals surface area contributed by atoms with Crippen molar-refractivity contribution in [3.05, 3.63) is 53.8 Å². The lowest BCUT2D eigenvalue weighted by molar-refractivity contribution is 0.102. The highest BCUT2D eigenvalue weighted by Crippen LogP contribution is 2.30. The molecular formula is C20H22FN3O3S2. The van der Waals surface area contributed by atoms with Crippen molar-refractivity contribution in [2.75, 3.05) is 5.32 Å². The van der Waals surface area contributed by atoms with E-state index in [2.05, 4.69) is 10.3 Å². The van der Waals surface area contributed by atoms with Crippen LogP contribution >= 0.6 is 11.3 Å². The molecule has 154 valence electrons. The van der Waals surface area contributed by atoms with Gasteiger partial charge in [-0.3, -0.25) is 10.1 Å². The molecule has 6 nitrogen and oxygen atoms in total. The van der Waals surface area contributed by atoms with Gasteiger partial charge in [0.1, 0.15) is 5.82 Å². The molecule has 1 heterocycles. The van der Waals surface area contributed by atoms with Crippen LogP contribution in [0.3, 0.4) is 0 Å². The maximum atomic E-state index is 13.3. The van der Waals surface area contributed by atoms with Gasteiger partial charge < -0.3 is 0 Å². The summed E-state index contributed by atoms with van der Waals surface area (Å²) in [6, 6.07) is 9.70. The monoisotopic (exact) mass is 435 g/mol. The van der Waals surface area contributed by atoms with Gasteiger partial charge in [0, 0.05) is 17.6 Å². The number of thiazole rings is 1. The van der Waals surface area contributed by atoms with E-state index in [4.69, 9.17) is 0 Å². The summed E-state index contributed by atoms with van der Waals surface area (Å²) in [5, 5.41) is 2.95. The largest absolute Gasteiger partial charge is 0.298 e. The average molecular weight is 436 g/mol. The van der Waals surface area contributed by atoms with Crippen LogP contribution in [0, 0.1) is 5.82 Å². The molecule has 3 aromatic rings. The molecule has 1 amide bonds. The summed E-state index contributed by atoms with van der Waals surface area (Å²) < 4.78 is 41.5. The normalized spacial score (nSPS) is 12.3. The Morgan fingerprint density at radius 1 is 1.10 bits per heavy atom. The van der Waals surface area contributed by atoms with Crippen LogP contribution in [-0.2, 0) is 10.0 Å². The summed E-state index contributed by atoms with van der Waals surface area (Å²) in [4.78, 5) is 16.8. The first-order chi connectivity index (χ1) is 13.6. The number of fused-ring (bicyclic) bond motifs is 1. The predicted octanol–water partition coefficient (Wildman–Crippen LogP) is 4.50. The first-order valence-corrected chi connectivity index (χ1v) is 11.4. The lowest BCUT2D eigenvalue weighted by Gasteiger charge is -2.29. The van der Waals surface area contributed by atoms with Crippen molar-refractivity contribution in [1.29, 1.82) is 0 Å². The number of rotatable bonds is 6. The zero-order chi connectivity index (χ0) is 21.3. The lowest BCUT2D eigenvalue weighted by Crippen LogP contribution is -2.41. The van der Waals surface area contributed by atoms with E-state index in [1.807, 2.05) is 27.7 Å². The predicted molar refractivity (Wildman–Crippen MR) is 113 cm³/mol. The standard InChI is InChI=1S/C20H22FN3O3S2/c1-12(2)24(13(3)4)29(26,27)16-8-9-17-18(11-16)28-20(22-17)23-19(25)14-6-5-7-15(21)10-14/h5-13H,1-4H3,(H,22,23,25). The lowest BCUT2D eigenvalue weighted by atomic mass is 10.2. The van der Waals surface area contributed by atoms with Gasteiger partial charge >= 0.3 is 0 Å². The first kappa shape index (κ1) is 21.4. The van der Waals surface area contributed by atoms with Crippen LogP contribution in [0.2, 0.25) is 0 Å². The van der Waals surface area contributed by atoms with Gasteiger partial charge in [0.2, 0.25) is 10.0 Å². The number of carbonyl (C=O) groups excluding carboxylic acids is 1. The Morgan fingerprint density at radius 2 is 1.79 bits per heavy atom. The highest BCUT2D eigenvalue weighted by Gasteiger charge is 2.29. The Kier molecular flexibility index (Phi) is 6.02. The van der Waals surface area contributed by atoms with Crippen LogP contribution in [0.15, 0.2) is 47.4 Å². The fraction of sp³-hybridized carbons (Fsp3) is 0.300. The molecular weight excluding hydrogens is 413 g/mol. The fourth-order valence-corrected chi connectivity index (χ4v) is 6.03. The minimum atomic E-state index is -3.67. The molecule has 2 aromatic carbocycles. The molecule has 0 saturated carbocycles. The number of nitrogens with one attached hydrogen (secondary N) is 1. The summed E-state index contributed by atoms with van der Waals surface area (Å²) in [7, 11) is -3.67. The average Bonchev–Trinajstić information content (AvgIpc) is 3.02. The minimum absolute atomic E-state index is 0.178. The van der Waals surface area contributed by atoms with Gasteiger partial charge in [-0.05, 0) is 64.1 Å². The third-order valence-electron chi connectivity index (χ3n) is 4.26. The Labute approximate surface area is 173 Å². The van der Waals surface area contributed by atoms with Gasteiger partial charge in [0.25, 0.3) is 5.91 Å². The van der Waals surface area contributed by atoms with Crippen LogP contribution in [-0.4, -0.2) is 35.7 Å². The number of carbonyl (C=O) groups is 1. The molecule has 0 aliphatic heterocycles. The summed E-state index contributed by atoms with van der Waals surface area (Å²) in [5.41, 5.74) is 0.751. The maximum Gasteiger partial charge on any atom is 0.257 e. The van der Waals surface area contributed by atoms with Crippen LogP contribution in [0.4, 0.5) is 9.52 Å². The third kappa shape index (κ3) is 4.47. The molecule has 0 fully saturated rings. The molecule has 29 heavy (non-hydrogen) atoms. The van der Waals surface area contributed by atoms with Crippen molar-refractivity contribution in [2.24, 2.45) is 0 Å². The fourth-order valence-electron chi connectivity index (χ4n) is 3.19. The number of nitrogens with zero attached hydrogens (tertiary/aromatic N) is 2. The number of amides is 1. The number of hydrogen-bond donors (Lipinski definition) is 1. The minimum Gasteiger partial charge on any atom is -0.298 e. The van der Waals surface area contributed by atoms with Gasteiger partial charge in [-0.15, -0.1) is 0 Å². The zero-order valence-electron chi connectivity index (χ0n) is 16.5. The van der Waals surface area contributed by atoms with E-state index in [0.717, 1.165) is 17.4 Å². The van der Waals surface area contributed by atoms with Crippen LogP contribution in [0.1, 0.15) is 38.1 Å². The van der Waals surface area contributed by atoms with Crippen LogP contribution in [0.25, 0.3) is 10.2 Å². The molecule has 0 unspecified atom stereocenters. The van der Waals surface area contributed by atoms with E-state index in [1.54, 1.807) is 12.1 Å². The highest BCUT2D eigenvalue weighted by atomic mass is 32.2. The van der Waals surface area contributed by atoms with Gasteiger partial charge in [-0.25, -0.2) is 17.8 Å². The van der Waals surface area contributed by atoms with Gasteiger partial charge in [0.05, 0.1) is 15.1 Å². The third-order valence-corrected chi connectivity index (χ3v) is 7.44. The SMILES string of the molecule is CC(C)N(C(C)C)S(=O)(=O)c1ccc2nc(NC(=O)c3cccc(F)c3)sc2c1. The topological polar surface area (TPSA) is 79.4 Å². The first-order valence-electron chi connectivity index (χ1n) is 9.10. The van der Waals surface area contributed by atoms with Gasteiger partial charge in [-0.1, -0.05) is 17.4 Å². The molecule has 0 bridgehead atoms. The van der Waals surface area contributed by atoms with Crippen molar-refractivity contribution in [1.82, 2.24) is 9.29 Å². The Morgan fingerprint density at radius 3 is 2.41 bits per heavy atom. The molecule has 0 radical (unpaired) electrons. The number of halogens is 1. The summed E-state index contributed by atoms with van der Waals surface area (Å²) >= 11 is 1.16. The molecule has 0 spiro atoms. The van der Waals surface area contributed by atoms with Gasteiger partial charge in [0.15, 0.2) is 5.13 Å². The molecule has 0 aliphatic rings. The molecule has 0 aliphatic carbocycles. The zero-order valence-corrected chi connectivity index (χ0v) is 18.1. The van der Waals surface area contributed by atoms with Crippen molar-refractivity contribution in [3.8, 4) is 0 Å². The highest BCUT2D eigenvalue weighted by molar-refractivity contribution is 7.89.